The van der Waals surface area contributed by atoms with Gasteiger partial charge in [0.1, 0.15) is 0 Å². The lowest BCUT2D eigenvalue weighted by Gasteiger charge is -2.43. The average Bonchev–Trinajstić information content (AvgIpc) is 2.80. The lowest BCUT2D eigenvalue weighted by atomic mass is 9.73. The summed E-state index contributed by atoms with van der Waals surface area (Å²) in [5.74, 6) is 0.353. The van der Waals surface area contributed by atoms with Gasteiger partial charge in [-0.1, -0.05) is 6.07 Å². The molecule has 22 heavy (non-hydrogen) atoms. The van der Waals surface area contributed by atoms with Gasteiger partial charge in [-0.05, 0) is 72.3 Å². The number of nitrogens with zero attached hydrogens (tertiary/aromatic N) is 1. The van der Waals surface area contributed by atoms with E-state index in [2.05, 4.69) is 33.9 Å². The molecule has 1 saturated carbocycles. The van der Waals surface area contributed by atoms with Crippen molar-refractivity contribution in [3.63, 3.8) is 0 Å². The van der Waals surface area contributed by atoms with Crippen LogP contribution in [0, 0.1) is 12.8 Å². The molecule has 1 unspecified atom stereocenters. The van der Waals surface area contributed by atoms with Crippen LogP contribution in [0.4, 0.5) is 0 Å². The Morgan fingerprint density at radius 2 is 2.23 bits per heavy atom. The number of sulfone groups is 1. The van der Waals surface area contributed by atoms with Crippen molar-refractivity contribution in [3.05, 3.63) is 23.8 Å². The number of hydrogen-bond acceptors (Lipinski definition) is 5. The summed E-state index contributed by atoms with van der Waals surface area (Å²) in [6.45, 7) is 4.47. The molecule has 3 rings (SSSR count). The fourth-order valence-corrected chi connectivity index (χ4v) is 7.94. The zero-order chi connectivity index (χ0) is 16.0. The van der Waals surface area contributed by atoms with Gasteiger partial charge in [0.15, 0.2) is 0 Å². The van der Waals surface area contributed by atoms with Crippen molar-refractivity contribution in [2.45, 2.75) is 36.6 Å². The summed E-state index contributed by atoms with van der Waals surface area (Å²) in [6.07, 6.45) is 1.62. The predicted octanol–water partition coefficient (Wildman–Crippen LogP) is 4.51. The van der Waals surface area contributed by atoms with Crippen LogP contribution >= 0.6 is 39.8 Å². The highest BCUT2D eigenvalue weighted by atomic mass is 127. The average molecular weight is 469 g/mol. The highest BCUT2D eigenvalue weighted by molar-refractivity contribution is 14.2. The Hall–Kier alpha value is 0.180. The lowest BCUT2D eigenvalue weighted by molar-refractivity contribution is -0.0108. The number of halogens is 1. The van der Waals surface area contributed by atoms with Gasteiger partial charge in [0.2, 0.25) is 14.2 Å². The Morgan fingerprint density at radius 1 is 1.50 bits per heavy atom. The molecule has 1 aromatic carbocycles. The number of hydrogen-bond donors (Lipinski definition) is 0. The minimum atomic E-state index is -3.31. The van der Waals surface area contributed by atoms with E-state index in [-0.39, 0.29) is 21.6 Å². The molecule has 1 aliphatic rings. The van der Waals surface area contributed by atoms with Crippen LogP contribution in [0.2, 0.25) is 0 Å². The summed E-state index contributed by atoms with van der Waals surface area (Å²) in [7, 11) is -3.31. The molecule has 0 spiro atoms. The summed E-state index contributed by atoms with van der Waals surface area (Å²) in [5.41, 5.74) is 1.75. The summed E-state index contributed by atoms with van der Waals surface area (Å²) >= 11 is 3.48. The van der Waals surface area contributed by atoms with Gasteiger partial charge in [-0.3, -0.25) is 0 Å². The van der Waals surface area contributed by atoms with E-state index in [1.807, 2.05) is 25.1 Å². The van der Waals surface area contributed by atoms with Gasteiger partial charge in [0, 0.05) is 0 Å². The van der Waals surface area contributed by atoms with Gasteiger partial charge in [0.25, 0.3) is 0 Å². The number of benzene rings is 1. The topological polar surface area (TPSA) is 56.3 Å². The van der Waals surface area contributed by atoms with Gasteiger partial charge in [-0.2, -0.15) is 0 Å². The van der Waals surface area contributed by atoms with Crippen molar-refractivity contribution in [3.8, 4) is 0 Å². The first-order chi connectivity index (χ1) is 10.3. The van der Waals surface area contributed by atoms with Gasteiger partial charge in [-0.25, -0.2) is 13.4 Å². The molecule has 8 heteroatoms. The quantitative estimate of drug-likeness (QED) is 0.478. The molecule has 1 fully saturated rings. The number of aromatic nitrogens is 1. The maximum atomic E-state index is 12.6. The third-order valence-corrected chi connectivity index (χ3v) is 8.56. The van der Waals surface area contributed by atoms with E-state index in [1.54, 1.807) is 0 Å². The number of fused-ring (bicyclic) bond motifs is 1. The van der Waals surface area contributed by atoms with Crippen molar-refractivity contribution in [1.29, 1.82) is 0 Å². The minimum Gasteiger partial charge on any atom is -0.346 e. The van der Waals surface area contributed by atoms with Crippen LogP contribution in [0.1, 0.15) is 25.3 Å². The second kappa shape index (κ2) is 6.24. The van der Waals surface area contributed by atoms with E-state index in [0.717, 1.165) is 28.6 Å². The molecule has 0 N–H and O–H groups in total. The van der Waals surface area contributed by atoms with Crippen molar-refractivity contribution in [1.82, 2.24) is 4.98 Å². The first-order valence-electron chi connectivity index (χ1n) is 6.95. The first kappa shape index (κ1) is 17.0. The maximum Gasteiger partial charge on any atom is 0.210 e. The van der Waals surface area contributed by atoms with Crippen LogP contribution in [0.15, 0.2) is 22.5 Å². The van der Waals surface area contributed by atoms with E-state index in [9.17, 15) is 8.42 Å². The van der Waals surface area contributed by atoms with E-state index in [0.29, 0.717) is 6.45 Å². The second-order valence-electron chi connectivity index (χ2n) is 6.14. The SMILES string of the molecule is Cc1ccc2nc(S(=O)(=O)CC3CC(C)(OPI)C3)sc2c1. The van der Waals surface area contributed by atoms with Crippen LogP contribution < -0.4 is 0 Å². The second-order valence-corrected chi connectivity index (χ2v) is 11.1. The molecular weight excluding hydrogens is 452 g/mol. The molecule has 0 bridgehead atoms. The van der Waals surface area contributed by atoms with Crippen molar-refractivity contribution < 1.29 is 12.9 Å². The van der Waals surface area contributed by atoms with Crippen LogP contribution in [-0.2, 0) is 14.4 Å². The van der Waals surface area contributed by atoms with Gasteiger partial charge in [0.05, 0.1) is 28.0 Å². The Bertz CT molecular complexity index is 800. The number of aryl methyl sites for hydroxylation is 1. The Labute approximate surface area is 149 Å². The van der Waals surface area contributed by atoms with Crippen LogP contribution in [0.25, 0.3) is 10.2 Å². The van der Waals surface area contributed by atoms with E-state index < -0.39 is 9.84 Å². The predicted molar refractivity (Wildman–Crippen MR) is 101 cm³/mol. The minimum absolute atomic E-state index is 0.134. The molecular formula is C14H17INO3PS2. The summed E-state index contributed by atoms with van der Waals surface area (Å²) < 4.78 is 32.0. The standard InChI is InChI=1S/C14H17INO3PS2/c1-9-3-4-11-12(5-9)21-13(16-11)22(17,18)8-10-6-14(2,7-10)19-20-15/h3-5,10,20H,6-8H2,1-2H3. The zero-order valence-electron chi connectivity index (χ0n) is 12.3. The summed E-state index contributed by atoms with van der Waals surface area (Å²) in [4.78, 5) is 4.31. The summed E-state index contributed by atoms with van der Waals surface area (Å²) in [5, 5.41) is 0. The zero-order valence-corrected chi connectivity index (χ0v) is 17.1. The molecule has 0 saturated heterocycles. The third kappa shape index (κ3) is 3.48. The Balaban J connectivity index is 1.75. The van der Waals surface area contributed by atoms with Gasteiger partial charge < -0.3 is 4.52 Å². The van der Waals surface area contributed by atoms with E-state index >= 15 is 0 Å². The van der Waals surface area contributed by atoms with Crippen molar-refractivity contribution >= 4 is 59.9 Å². The highest BCUT2D eigenvalue weighted by Gasteiger charge is 2.43. The highest BCUT2D eigenvalue weighted by Crippen LogP contribution is 2.47. The molecule has 1 heterocycles. The molecule has 0 radical (unpaired) electrons. The normalized spacial score (nSPS) is 25.9. The Morgan fingerprint density at radius 3 is 2.91 bits per heavy atom. The molecule has 0 amide bonds. The molecule has 4 nitrogen and oxygen atoms in total. The first-order valence-corrected chi connectivity index (χ1v) is 13.4. The van der Waals surface area contributed by atoms with Gasteiger partial charge >= 0.3 is 0 Å². The largest absolute Gasteiger partial charge is 0.346 e. The fraction of sp³-hybridized carbons (Fsp3) is 0.500. The van der Waals surface area contributed by atoms with Crippen molar-refractivity contribution in [2.75, 3.05) is 5.75 Å². The van der Waals surface area contributed by atoms with Gasteiger partial charge in [-0.15, -0.1) is 11.3 Å². The van der Waals surface area contributed by atoms with E-state index in [4.69, 9.17) is 4.52 Å². The molecule has 0 aliphatic heterocycles. The molecule has 1 aromatic heterocycles. The molecule has 120 valence electrons. The molecule has 1 atom stereocenters. The molecule has 2 aromatic rings. The monoisotopic (exact) mass is 469 g/mol. The Kier molecular flexibility index (Phi) is 4.83. The van der Waals surface area contributed by atoms with Crippen LogP contribution in [0.3, 0.4) is 0 Å². The summed E-state index contributed by atoms with van der Waals surface area (Å²) in [6, 6.07) is 5.83. The fourth-order valence-electron chi connectivity index (χ4n) is 2.98. The van der Waals surface area contributed by atoms with Crippen LogP contribution in [-0.4, -0.2) is 24.8 Å². The van der Waals surface area contributed by atoms with E-state index in [1.165, 1.54) is 11.3 Å². The third-order valence-electron chi connectivity index (χ3n) is 3.97. The maximum absolute atomic E-state index is 12.6. The number of thiazole rings is 1. The molecule has 1 aliphatic carbocycles. The lowest BCUT2D eigenvalue weighted by Crippen LogP contribution is -2.44. The number of rotatable bonds is 5. The van der Waals surface area contributed by atoms with Crippen molar-refractivity contribution in [2.24, 2.45) is 5.92 Å². The smallest absolute Gasteiger partial charge is 0.210 e. The van der Waals surface area contributed by atoms with Crippen LogP contribution in [0.5, 0.6) is 0 Å².